The second-order valence-electron chi connectivity index (χ2n) is 5.98. The Balaban J connectivity index is 2.29. The van der Waals surface area contributed by atoms with Crippen molar-refractivity contribution in [3.63, 3.8) is 0 Å². The molecule has 0 aromatic heterocycles. The molecule has 0 spiro atoms. The number of hydrogen-bond donors (Lipinski definition) is 1. The summed E-state index contributed by atoms with van der Waals surface area (Å²) in [6.45, 7) is 6.80. The van der Waals surface area contributed by atoms with Gasteiger partial charge in [-0.2, -0.15) is 0 Å². The van der Waals surface area contributed by atoms with Crippen molar-refractivity contribution >= 4 is 11.9 Å². The first kappa shape index (κ1) is 13.6. The summed E-state index contributed by atoms with van der Waals surface area (Å²) >= 11 is 0. The van der Waals surface area contributed by atoms with Crippen LogP contribution in [0.3, 0.4) is 0 Å². The molecule has 1 amide bonds. The molecule has 4 nitrogen and oxygen atoms in total. The number of carboxylic acid groups (broad SMARTS) is 1. The molecular formula is C15H19NO3. The third-order valence-electron chi connectivity index (χ3n) is 3.43. The Bertz CT molecular complexity index is 529. The largest absolute Gasteiger partial charge is 0.478 e. The van der Waals surface area contributed by atoms with E-state index >= 15 is 0 Å². The maximum Gasteiger partial charge on any atom is 0.335 e. The molecule has 1 aliphatic rings. The SMILES string of the molecule is CC(C)(C)C(=O)N1CCc2c(cccc2C(=O)O)C1. The normalized spacial score (nSPS) is 15.0. The van der Waals surface area contributed by atoms with Gasteiger partial charge in [0.05, 0.1) is 5.56 Å². The van der Waals surface area contributed by atoms with Gasteiger partial charge in [-0.15, -0.1) is 0 Å². The van der Waals surface area contributed by atoms with Crippen molar-refractivity contribution in [3.8, 4) is 0 Å². The standard InChI is InChI=1S/C15H19NO3/c1-15(2,3)14(19)16-8-7-11-10(9-16)5-4-6-12(11)13(17)18/h4-6H,7-9H2,1-3H3,(H,17,18). The van der Waals surface area contributed by atoms with E-state index < -0.39 is 11.4 Å². The number of aromatic carboxylic acids is 1. The van der Waals surface area contributed by atoms with Crippen LogP contribution in [0.1, 0.15) is 42.3 Å². The van der Waals surface area contributed by atoms with Crippen molar-refractivity contribution in [3.05, 3.63) is 34.9 Å². The molecule has 1 heterocycles. The van der Waals surface area contributed by atoms with Crippen LogP contribution in [0, 0.1) is 5.41 Å². The van der Waals surface area contributed by atoms with E-state index in [9.17, 15) is 9.59 Å². The van der Waals surface area contributed by atoms with E-state index in [4.69, 9.17) is 5.11 Å². The van der Waals surface area contributed by atoms with E-state index in [-0.39, 0.29) is 5.91 Å². The predicted octanol–water partition coefficient (Wildman–Crippen LogP) is 2.32. The summed E-state index contributed by atoms with van der Waals surface area (Å²) < 4.78 is 0. The number of fused-ring (bicyclic) bond motifs is 1. The highest BCUT2D eigenvalue weighted by Crippen LogP contribution is 2.26. The van der Waals surface area contributed by atoms with Gasteiger partial charge in [-0.25, -0.2) is 4.79 Å². The van der Waals surface area contributed by atoms with Crippen molar-refractivity contribution in [1.29, 1.82) is 0 Å². The van der Waals surface area contributed by atoms with Crippen molar-refractivity contribution in [2.45, 2.75) is 33.7 Å². The average Bonchev–Trinajstić information content (AvgIpc) is 2.35. The highest BCUT2D eigenvalue weighted by atomic mass is 16.4. The molecule has 0 saturated heterocycles. The maximum absolute atomic E-state index is 12.3. The van der Waals surface area contributed by atoms with Crippen molar-refractivity contribution in [2.24, 2.45) is 5.41 Å². The molecule has 1 aromatic rings. The molecule has 0 radical (unpaired) electrons. The van der Waals surface area contributed by atoms with Crippen LogP contribution < -0.4 is 0 Å². The highest BCUT2D eigenvalue weighted by Gasteiger charge is 2.30. The van der Waals surface area contributed by atoms with Crippen molar-refractivity contribution in [2.75, 3.05) is 6.54 Å². The fourth-order valence-corrected chi connectivity index (χ4v) is 2.46. The summed E-state index contributed by atoms with van der Waals surface area (Å²) in [7, 11) is 0. The van der Waals surface area contributed by atoms with Crippen LogP contribution in [0.15, 0.2) is 18.2 Å². The highest BCUT2D eigenvalue weighted by molar-refractivity contribution is 5.90. The molecule has 1 N–H and O–H groups in total. The summed E-state index contributed by atoms with van der Waals surface area (Å²) in [5.74, 6) is -0.786. The molecule has 19 heavy (non-hydrogen) atoms. The van der Waals surface area contributed by atoms with Crippen LogP contribution in [0.2, 0.25) is 0 Å². The number of hydrogen-bond acceptors (Lipinski definition) is 2. The van der Waals surface area contributed by atoms with Crippen LogP contribution >= 0.6 is 0 Å². The van der Waals surface area contributed by atoms with Crippen molar-refractivity contribution < 1.29 is 14.7 Å². The Kier molecular flexibility index (Phi) is 3.35. The van der Waals surface area contributed by atoms with Crippen molar-refractivity contribution in [1.82, 2.24) is 4.90 Å². The Morgan fingerprint density at radius 2 is 1.95 bits per heavy atom. The van der Waals surface area contributed by atoms with Gasteiger partial charge in [0.15, 0.2) is 0 Å². The molecule has 4 heteroatoms. The first-order chi connectivity index (χ1) is 8.80. The molecular weight excluding hydrogens is 242 g/mol. The van der Waals surface area contributed by atoms with E-state index in [1.807, 2.05) is 31.7 Å². The quantitative estimate of drug-likeness (QED) is 0.844. The third kappa shape index (κ3) is 2.62. The molecule has 0 unspecified atom stereocenters. The van der Waals surface area contributed by atoms with Gasteiger partial charge in [0, 0.05) is 18.5 Å². The molecule has 2 rings (SSSR count). The van der Waals surface area contributed by atoms with Gasteiger partial charge in [-0.3, -0.25) is 4.79 Å². The lowest BCUT2D eigenvalue weighted by Crippen LogP contribution is -2.42. The van der Waals surface area contributed by atoms with E-state index in [1.54, 1.807) is 12.1 Å². The topological polar surface area (TPSA) is 57.6 Å². The van der Waals surface area contributed by atoms with E-state index in [0.717, 1.165) is 11.1 Å². The maximum atomic E-state index is 12.3. The zero-order chi connectivity index (χ0) is 14.2. The Morgan fingerprint density at radius 1 is 1.26 bits per heavy atom. The fraction of sp³-hybridized carbons (Fsp3) is 0.467. The van der Waals surface area contributed by atoms with E-state index in [0.29, 0.717) is 25.1 Å². The van der Waals surface area contributed by atoms with Gasteiger partial charge < -0.3 is 10.0 Å². The van der Waals surface area contributed by atoms with Crippen LogP contribution in [-0.2, 0) is 17.8 Å². The summed E-state index contributed by atoms with van der Waals surface area (Å²) in [6, 6.07) is 5.28. The predicted molar refractivity (Wildman–Crippen MR) is 72.0 cm³/mol. The molecule has 0 bridgehead atoms. The minimum atomic E-state index is -0.896. The zero-order valence-electron chi connectivity index (χ0n) is 11.6. The number of nitrogens with zero attached hydrogens (tertiary/aromatic N) is 1. The van der Waals surface area contributed by atoms with Gasteiger partial charge >= 0.3 is 5.97 Å². The molecule has 1 aromatic carbocycles. The zero-order valence-corrected chi connectivity index (χ0v) is 11.6. The minimum Gasteiger partial charge on any atom is -0.478 e. The summed E-state index contributed by atoms with van der Waals surface area (Å²) in [5, 5.41) is 9.16. The van der Waals surface area contributed by atoms with Gasteiger partial charge in [-0.1, -0.05) is 32.9 Å². The third-order valence-corrected chi connectivity index (χ3v) is 3.43. The summed E-state index contributed by atoms with van der Waals surface area (Å²) in [5.41, 5.74) is 1.78. The number of rotatable bonds is 1. The summed E-state index contributed by atoms with van der Waals surface area (Å²) in [4.78, 5) is 25.2. The number of carboxylic acids is 1. The van der Waals surface area contributed by atoms with E-state index in [2.05, 4.69) is 0 Å². The Labute approximate surface area is 113 Å². The smallest absolute Gasteiger partial charge is 0.335 e. The molecule has 0 fully saturated rings. The van der Waals surface area contributed by atoms with Gasteiger partial charge in [0.2, 0.25) is 5.91 Å². The monoisotopic (exact) mass is 261 g/mol. The number of carbonyl (C=O) groups excluding carboxylic acids is 1. The van der Waals surface area contributed by atoms with Gasteiger partial charge in [0.1, 0.15) is 0 Å². The lowest BCUT2D eigenvalue weighted by molar-refractivity contribution is -0.140. The average molecular weight is 261 g/mol. The number of carbonyl (C=O) groups is 2. The Morgan fingerprint density at radius 3 is 2.53 bits per heavy atom. The van der Waals surface area contributed by atoms with Gasteiger partial charge in [-0.05, 0) is 23.6 Å². The number of benzene rings is 1. The minimum absolute atomic E-state index is 0.110. The fourth-order valence-electron chi connectivity index (χ4n) is 2.46. The van der Waals surface area contributed by atoms with Crippen LogP contribution in [0.25, 0.3) is 0 Å². The first-order valence-corrected chi connectivity index (χ1v) is 6.44. The molecule has 0 atom stereocenters. The number of amides is 1. The molecule has 0 aliphatic carbocycles. The molecule has 102 valence electrons. The lowest BCUT2D eigenvalue weighted by Gasteiger charge is -2.34. The second kappa shape index (κ2) is 4.68. The lowest BCUT2D eigenvalue weighted by atomic mass is 9.90. The van der Waals surface area contributed by atoms with Gasteiger partial charge in [0.25, 0.3) is 0 Å². The van der Waals surface area contributed by atoms with Crippen LogP contribution in [0.5, 0.6) is 0 Å². The molecule has 0 saturated carbocycles. The second-order valence-corrected chi connectivity index (χ2v) is 5.98. The first-order valence-electron chi connectivity index (χ1n) is 6.44. The van der Waals surface area contributed by atoms with Crippen LogP contribution in [0.4, 0.5) is 0 Å². The summed E-state index contributed by atoms with van der Waals surface area (Å²) in [6.07, 6.45) is 0.611. The Hall–Kier alpha value is -1.84. The van der Waals surface area contributed by atoms with E-state index in [1.165, 1.54) is 0 Å². The molecule has 1 aliphatic heterocycles. The van der Waals surface area contributed by atoms with Crippen LogP contribution in [-0.4, -0.2) is 28.4 Å².